The fraction of sp³-hybridized carbons (Fsp3) is 0.750. The third-order valence-electron chi connectivity index (χ3n) is 15.4. The topological polar surface area (TPSA) is 75.6 Å². The summed E-state index contributed by atoms with van der Waals surface area (Å²) in [7, 11) is 0. The summed E-state index contributed by atoms with van der Waals surface area (Å²) in [6, 6.07) is 7.33. The van der Waals surface area contributed by atoms with E-state index in [1.807, 2.05) is 12.1 Å². The molecule has 1 aromatic carbocycles. The summed E-state index contributed by atoms with van der Waals surface area (Å²) in [5.41, 5.74) is 2.67. The number of benzene rings is 1. The van der Waals surface area contributed by atoms with Gasteiger partial charge in [0.1, 0.15) is 11.9 Å². The van der Waals surface area contributed by atoms with E-state index in [4.69, 9.17) is 4.74 Å². The molecule has 0 bridgehead atoms. The minimum absolute atomic E-state index is 0.00187. The zero-order valence-electron chi connectivity index (χ0n) is 29.1. The molecule has 2 N–H and O–H groups in total. The lowest BCUT2D eigenvalue weighted by Gasteiger charge is -2.72. The fourth-order valence-corrected chi connectivity index (χ4v) is 13.1. The molecular formula is C40H59NO4. The van der Waals surface area contributed by atoms with Gasteiger partial charge in [0.2, 0.25) is 5.91 Å². The van der Waals surface area contributed by atoms with Crippen LogP contribution in [0.25, 0.3) is 0 Å². The highest BCUT2D eigenvalue weighted by atomic mass is 16.5. The number of allylic oxidation sites excluding steroid dienone is 1. The molecule has 0 saturated heterocycles. The predicted molar refractivity (Wildman–Crippen MR) is 179 cm³/mol. The van der Waals surface area contributed by atoms with Crippen LogP contribution in [0.5, 0.6) is 5.75 Å². The van der Waals surface area contributed by atoms with Gasteiger partial charge in [-0.1, -0.05) is 58.9 Å². The predicted octanol–water partition coefficient (Wildman–Crippen LogP) is 8.64. The smallest absolute Gasteiger partial charge is 0.302 e. The molecule has 248 valence electrons. The maximum atomic E-state index is 14.4. The van der Waals surface area contributed by atoms with Crippen LogP contribution in [0.15, 0.2) is 36.4 Å². The maximum Gasteiger partial charge on any atom is 0.302 e. The number of hydrogen-bond donors (Lipinski definition) is 2. The van der Waals surface area contributed by atoms with Crippen molar-refractivity contribution in [1.82, 2.24) is 5.32 Å². The highest BCUT2D eigenvalue weighted by molar-refractivity contribution is 5.84. The molecular weight excluding hydrogens is 558 g/mol. The molecule has 0 aromatic heterocycles. The number of phenolic OH excluding ortho intramolecular Hbond substituents is 1. The lowest BCUT2D eigenvalue weighted by Crippen LogP contribution is -2.67. The van der Waals surface area contributed by atoms with Crippen LogP contribution in [0.4, 0.5) is 0 Å². The van der Waals surface area contributed by atoms with E-state index in [0.29, 0.717) is 36.1 Å². The van der Waals surface area contributed by atoms with Gasteiger partial charge in [-0.05, 0) is 141 Å². The second-order valence-electron chi connectivity index (χ2n) is 17.5. The summed E-state index contributed by atoms with van der Waals surface area (Å²) < 4.78 is 5.95. The third-order valence-corrected chi connectivity index (χ3v) is 15.4. The molecule has 4 unspecified atom stereocenters. The van der Waals surface area contributed by atoms with Gasteiger partial charge in [-0.3, -0.25) is 9.59 Å². The first kappa shape index (κ1) is 32.6. The first-order valence-corrected chi connectivity index (χ1v) is 18.0. The first-order chi connectivity index (χ1) is 21.1. The van der Waals surface area contributed by atoms with E-state index in [1.165, 1.54) is 31.3 Å². The normalized spacial score (nSPS) is 43.2. The van der Waals surface area contributed by atoms with E-state index in [1.54, 1.807) is 19.1 Å². The van der Waals surface area contributed by atoms with Crippen LogP contribution in [-0.4, -0.2) is 29.6 Å². The molecule has 5 saturated carbocycles. The maximum absolute atomic E-state index is 14.4. The fourth-order valence-electron chi connectivity index (χ4n) is 13.1. The molecule has 0 heterocycles. The second-order valence-corrected chi connectivity index (χ2v) is 17.5. The second kappa shape index (κ2) is 11.2. The largest absolute Gasteiger partial charge is 0.508 e. The molecule has 5 nitrogen and oxygen atoms in total. The first-order valence-electron chi connectivity index (χ1n) is 18.0. The summed E-state index contributed by atoms with van der Waals surface area (Å²) in [4.78, 5) is 26.4. The van der Waals surface area contributed by atoms with Crippen molar-refractivity contribution in [1.29, 1.82) is 0 Å². The highest BCUT2D eigenvalue weighted by Crippen LogP contribution is 2.77. The van der Waals surface area contributed by atoms with Gasteiger partial charge < -0.3 is 15.2 Å². The Labute approximate surface area is 272 Å². The van der Waals surface area contributed by atoms with E-state index in [0.717, 1.165) is 50.5 Å². The van der Waals surface area contributed by atoms with E-state index >= 15 is 0 Å². The number of fused-ring (bicyclic) bond motifs is 7. The third kappa shape index (κ3) is 4.83. The SMILES string of the molecule is C=C(C)[C@@H]1CC[C@]2(C(=O)NCCc3ccc(O)cc3)CC[C@]3(C)C(CCC4[C@@]5(C)CC[C@H](OC(C)=O)C(C)(C)C5CC[C@]43C)C12. The molecule has 10 atom stereocenters. The van der Waals surface area contributed by atoms with Crippen LogP contribution in [0.1, 0.15) is 118 Å². The van der Waals surface area contributed by atoms with Gasteiger partial charge in [0, 0.05) is 18.9 Å². The van der Waals surface area contributed by atoms with Gasteiger partial charge in [-0.2, -0.15) is 0 Å². The summed E-state index contributed by atoms with van der Waals surface area (Å²) in [6.07, 6.45) is 11.8. The Morgan fingerprint density at radius 1 is 0.867 bits per heavy atom. The highest BCUT2D eigenvalue weighted by Gasteiger charge is 2.72. The van der Waals surface area contributed by atoms with Crippen LogP contribution in [0, 0.1) is 56.7 Å². The average Bonchev–Trinajstić information content (AvgIpc) is 3.37. The number of aromatic hydroxyl groups is 1. The van der Waals surface area contributed by atoms with Crippen molar-refractivity contribution in [3.05, 3.63) is 42.0 Å². The van der Waals surface area contributed by atoms with Crippen molar-refractivity contribution in [2.45, 2.75) is 125 Å². The number of nitrogens with one attached hydrogen (secondary N) is 1. The molecule has 5 fully saturated rings. The lowest BCUT2D eigenvalue weighted by molar-refractivity contribution is -0.248. The minimum Gasteiger partial charge on any atom is -0.508 e. The molecule has 45 heavy (non-hydrogen) atoms. The van der Waals surface area contributed by atoms with Crippen molar-refractivity contribution >= 4 is 11.9 Å². The summed E-state index contributed by atoms with van der Waals surface area (Å²) in [6.45, 7) is 21.5. The molecule has 0 spiro atoms. The van der Waals surface area contributed by atoms with Crippen molar-refractivity contribution in [2.75, 3.05) is 6.54 Å². The number of ether oxygens (including phenoxy) is 1. The molecule has 0 radical (unpaired) electrons. The molecule has 5 aliphatic carbocycles. The Hall–Kier alpha value is -2.30. The van der Waals surface area contributed by atoms with Crippen molar-refractivity contribution in [2.24, 2.45) is 56.7 Å². The van der Waals surface area contributed by atoms with Crippen LogP contribution >= 0.6 is 0 Å². The standard InChI is InChI=1S/C40H59NO4/c1-25(2)29-15-21-40(35(44)41-24-18-27-9-11-28(43)12-10-27)23-22-38(7)30(34(29)40)13-14-32-37(6)19-17-33(45-26(3)42)36(4,5)31(37)16-20-39(32,38)8/h9-12,29-34,43H,1,13-24H2,2-8H3,(H,41,44)/t29-,30?,31?,32?,33-,34?,37-,38+,39+,40-/m0/s1. The van der Waals surface area contributed by atoms with Gasteiger partial charge in [0.15, 0.2) is 0 Å². The number of hydrogen-bond acceptors (Lipinski definition) is 4. The zero-order chi connectivity index (χ0) is 32.6. The van der Waals surface area contributed by atoms with E-state index < -0.39 is 0 Å². The molecule has 6 rings (SSSR count). The van der Waals surface area contributed by atoms with Gasteiger partial charge in [0.25, 0.3) is 0 Å². The number of phenols is 1. The molecule has 5 heteroatoms. The number of esters is 1. The van der Waals surface area contributed by atoms with Crippen LogP contribution in [0.2, 0.25) is 0 Å². The Bertz CT molecular complexity index is 1330. The van der Waals surface area contributed by atoms with Crippen LogP contribution < -0.4 is 5.32 Å². The van der Waals surface area contributed by atoms with Gasteiger partial charge in [0.05, 0.1) is 5.41 Å². The Kier molecular flexibility index (Phi) is 8.09. The average molecular weight is 618 g/mol. The van der Waals surface area contributed by atoms with Gasteiger partial charge in [-0.15, -0.1) is 0 Å². The summed E-state index contributed by atoms with van der Waals surface area (Å²) >= 11 is 0. The zero-order valence-corrected chi connectivity index (χ0v) is 29.1. The monoisotopic (exact) mass is 617 g/mol. The lowest BCUT2D eigenvalue weighted by atomic mass is 9.32. The number of rotatable bonds is 6. The van der Waals surface area contributed by atoms with Crippen molar-refractivity contribution in [3.8, 4) is 5.75 Å². The van der Waals surface area contributed by atoms with Gasteiger partial charge in [-0.25, -0.2) is 0 Å². The molecule has 1 amide bonds. The Morgan fingerprint density at radius 3 is 2.24 bits per heavy atom. The number of amides is 1. The van der Waals surface area contributed by atoms with Crippen molar-refractivity contribution < 1.29 is 19.4 Å². The number of carbonyl (C=O) groups is 2. The molecule has 1 aromatic rings. The Morgan fingerprint density at radius 2 is 1.58 bits per heavy atom. The summed E-state index contributed by atoms with van der Waals surface area (Å²) in [5, 5.41) is 13.1. The van der Waals surface area contributed by atoms with Crippen LogP contribution in [0.3, 0.4) is 0 Å². The number of carbonyl (C=O) groups excluding carboxylic acids is 2. The molecule has 0 aliphatic heterocycles. The Balaban J connectivity index is 1.27. The van der Waals surface area contributed by atoms with Crippen molar-refractivity contribution in [3.63, 3.8) is 0 Å². The van der Waals surface area contributed by atoms with E-state index in [2.05, 4.69) is 53.4 Å². The summed E-state index contributed by atoms with van der Waals surface area (Å²) in [5.74, 6) is 2.84. The van der Waals surface area contributed by atoms with E-state index in [9.17, 15) is 14.7 Å². The van der Waals surface area contributed by atoms with Gasteiger partial charge >= 0.3 is 5.97 Å². The van der Waals surface area contributed by atoms with E-state index in [-0.39, 0.29) is 50.8 Å². The quantitative estimate of drug-likeness (QED) is 0.248. The van der Waals surface area contributed by atoms with Crippen LogP contribution in [-0.2, 0) is 20.7 Å². The molecule has 5 aliphatic rings. The minimum atomic E-state index is -0.308.